The van der Waals surface area contributed by atoms with Crippen molar-refractivity contribution in [3.63, 3.8) is 0 Å². The van der Waals surface area contributed by atoms with Gasteiger partial charge < -0.3 is 36.0 Å². The highest BCUT2D eigenvalue weighted by atomic mass is 16.6. The second-order valence-electron chi connectivity index (χ2n) is 3.46. The first-order valence-electron chi connectivity index (χ1n) is 4.55. The summed E-state index contributed by atoms with van der Waals surface area (Å²) in [6.07, 6.45) is -5.24. The summed E-state index contributed by atoms with van der Waals surface area (Å²) in [6.45, 7) is 0.687. The molecule has 1 aliphatic heterocycles. The van der Waals surface area contributed by atoms with Gasteiger partial charge in [-0.3, -0.25) is 4.79 Å². The summed E-state index contributed by atoms with van der Waals surface area (Å²) in [7, 11) is 0. The number of aliphatic hydroxyl groups is 4. The maximum atomic E-state index is 10.7. The van der Waals surface area contributed by atoms with Gasteiger partial charge >= 0.3 is 0 Å². The second-order valence-corrected chi connectivity index (χ2v) is 3.46. The molecule has 96 valence electrons. The van der Waals surface area contributed by atoms with Crippen molar-refractivity contribution < 1.29 is 35.4 Å². The third kappa shape index (κ3) is 3.11. The van der Waals surface area contributed by atoms with Crippen LogP contribution in [0.5, 0.6) is 0 Å². The number of carbonyl (C=O) groups is 1. The zero-order chi connectivity index (χ0) is 11.6. The molecule has 8 heteroatoms. The Balaban J connectivity index is 0.00000225. The number of ether oxygens (including phenoxy) is 1. The fourth-order valence-electron chi connectivity index (χ4n) is 1.49. The smallest absolute Gasteiger partial charge is 0.217 e. The summed E-state index contributed by atoms with van der Waals surface area (Å²) < 4.78 is 4.81. The van der Waals surface area contributed by atoms with E-state index in [1.165, 1.54) is 6.92 Å². The summed E-state index contributed by atoms with van der Waals surface area (Å²) in [5.41, 5.74) is 0. The fourth-order valence-corrected chi connectivity index (χ4v) is 1.49. The molecule has 0 unspecified atom stereocenters. The molecule has 1 fully saturated rings. The van der Waals surface area contributed by atoms with Crippen LogP contribution in [0.25, 0.3) is 0 Å². The topological polar surface area (TPSA) is 151 Å². The molecule has 0 bridgehead atoms. The summed E-state index contributed by atoms with van der Waals surface area (Å²) >= 11 is 0. The van der Waals surface area contributed by atoms with Crippen molar-refractivity contribution >= 4 is 5.91 Å². The van der Waals surface area contributed by atoms with E-state index in [2.05, 4.69) is 5.32 Å². The lowest BCUT2D eigenvalue weighted by Gasteiger charge is -2.40. The minimum atomic E-state index is -1.45. The summed E-state index contributed by atoms with van der Waals surface area (Å²) in [5, 5.41) is 39.4. The largest absolute Gasteiger partial charge is 0.412 e. The van der Waals surface area contributed by atoms with Crippen molar-refractivity contribution in [1.29, 1.82) is 0 Å². The zero-order valence-corrected chi connectivity index (χ0v) is 8.70. The highest BCUT2D eigenvalue weighted by Crippen LogP contribution is 2.19. The predicted octanol–water partition coefficient (Wildman–Crippen LogP) is -3.90. The van der Waals surface area contributed by atoms with E-state index in [0.717, 1.165) is 0 Å². The lowest BCUT2D eigenvalue weighted by Crippen LogP contribution is -2.63. The third-order valence-corrected chi connectivity index (χ3v) is 2.27. The maximum absolute atomic E-state index is 10.7. The molecule has 0 aromatic carbocycles. The van der Waals surface area contributed by atoms with Gasteiger partial charge in [0, 0.05) is 6.92 Å². The molecular formula is C8H17NO7. The Morgan fingerprint density at radius 3 is 2.31 bits per heavy atom. The Morgan fingerprint density at radius 2 is 1.88 bits per heavy atom. The third-order valence-electron chi connectivity index (χ3n) is 2.27. The molecule has 0 aromatic rings. The minimum Gasteiger partial charge on any atom is -0.412 e. The zero-order valence-electron chi connectivity index (χ0n) is 8.70. The SMILES string of the molecule is CC(=O)N[C@@H]1[C@H](O)[C@@H](O)[C@H](CO)O[C@@H]1O.O. The quantitative estimate of drug-likeness (QED) is 0.332. The normalized spacial score (nSPS) is 38.7. The summed E-state index contributed by atoms with van der Waals surface area (Å²) in [6, 6.07) is -1.10. The molecule has 0 saturated carbocycles. The van der Waals surface area contributed by atoms with E-state index in [9.17, 15) is 20.1 Å². The Morgan fingerprint density at radius 1 is 1.31 bits per heavy atom. The van der Waals surface area contributed by atoms with Crippen LogP contribution >= 0.6 is 0 Å². The van der Waals surface area contributed by atoms with Gasteiger partial charge in [0.05, 0.1) is 6.61 Å². The molecule has 0 radical (unpaired) electrons. The lowest BCUT2D eigenvalue weighted by atomic mass is 9.97. The Bertz CT molecular complexity index is 236. The van der Waals surface area contributed by atoms with E-state index in [0.29, 0.717) is 0 Å². The van der Waals surface area contributed by atoms with Crippen LogP contribution in [-0.2, 0) is 9.53 Å². The standard InChI is InChI=1S/C8H15NO6.H2O/c1-3(11)9-5-7(13)6(12)4(2-10)15-8(5)14;/h4-8,10,12-14H,2H2,1H3,(H,9,11);1H2/t4-,5+,6-,7-,8-;/m0./s1. The van der Waals surface area contributed by atoms with Crippen LogP contribution < -0.4 is 5.32 Å². The monoisotopic (exact) mass is 239 g/mol. The minimum absolute atomic E-state index is 0. The van der Waals surface area contributed by atoms with Crippen LogP contribution in [0.4, 0.5) is 0 Å². The number of hydrogen-bond donors (Lipinski definition) is 5. The molecule has 0 spiro atoms. The van der Waals surface area contributed by atoms with Crippen molar-refractivity contribution in [1.82, 2.24) is 5.32 Å². The van der Waals surface area contributed by atoms with E-state index >= 15 is 0 Å². The molecule has 16 heavy (non-hydrogen) atoms. The van der Waals surface area contributed by atoms with E-state index in [1.54, 1.807) is 0 Å². The molecule has 8 nitrogen and oxygen atoms in total. The molecule has 1 amide bonds. The van der Waals surface area contributed by atoms with Crippen molar-refractivity contribution in [2.75, 3.05) is 6.61 Å². The van der Waals surface area contributed by atoms with Crippen LogP contribution in [0, 0.1) is 0 Å². The number of rotatable bonds is 2. The molecule has 1 aliphatic rings. The van der Waals surface area contributed by atoms with Gasteiger partial charge in [-0.05, 0) is 0 Å². The van der Waals surface area contributed by atoms with Crippen molar-refractivity contribution in [2.24, 2.45) is 0 Å². The van der Waals surface area contributed by atoms with Crippen LogP contribution in [-0.4, -0.2) is 69.1 Å². The average Bonchev–Trinajstić information content (AvgIpc) is 2.18. The number of aliphatic hydroxyl groups excluding tert-OH is 4. The summed E-state index contributed by atoms with van der Waals surface area (Å²) in [4.78, 5) is 10.7. The van der Waals surface area contributed by atoms with Gasteiger partial charge in [-0.25, -0.2) is 0 Å². The van der Waals surface area contributed by atoms with E-state index in [-0.39, 0.29) is 5.48 Å². The number of amides is 1. The van der Waals surface area contributed by atoms with Gasteiger partial charge in [-0.1, -0.05) is 0 Å². The second kappa shape index (κ2) is 6.09. The molecule has 1 heterocycles. The first-order chi connectivity index (χ1) is 6.97. The van der Waals surface area contributed by atoms with Gasteiger partial charge in [0.2, 0.25) is 5.91 Å². The van der Waals surface area contributed by atoms with E-state index in [1.807, 2.05) is 0 Å². The molecular weight excluding hydrogens is 222 g/mol. The molecule has 7 N–H and O–H groups in total. The first kappa shape index (κ1) is 15.2. The van der Waals surface area contributed by atoms with Gasteiger partial charge in [0.1, 0.15) is 24.4 Å². The Labute approximate surface area is 91.8 Å². The van der Waals surface area contributed by atoms with Crippen molar-refractivity contribution in [3.8, 4) is 0 Å². The van der Waals surface area contributed by atoms with Crippen molar-refractivity contribution in [3.05, 3.63) is 0 Å². The Kier molecular flexibility index (Phi) is 5.79. The highest BCUT2D eigenvalue weighted by Gasteiger charge is 2.43. The molecule has 1 saturated heterocycles. The Hall–Kier alpha value is -0.770. The van der Waals surface area contributed by atoms with Crippen LogP contribution in [0.2, 0.25) is 0 Å². The highest BCUT2D eigenvalue weighted by molar-refractivity contribution is 5.73. The van der Waals surface area contributed by atoms with E-state index < -0.39 is 43.2 Å². The van der Waals surface area contributed by atoms with E-state index in [4.69, 9.17) is 9.84 Å². The fraction of sp³-hybridized carbons (Fsp3) is 0.875. The van der Waals surface area contributed by atoms with Crippen LogP contribution in [0.1, 0.15) is 6.92 Å². The molecule has 0 aromatic heterocycles. The molecule has 5 atom stereocenters. The van der Waals surface area contributed by atoms with Gasteiger partial charge in [-0.2, -0.15) is 0 Å². The molecule has 1 rings (SSSR count). The van der Waals surface area contributed by atoms with Gasteiger partial charge in [0.15, 0.2) is 6.29 Å². The average molecular weight is 239 g/mol. The predicted molar refractivity (Wildman–Crippen MR) is 51.2 cm³/mol. The summed E-state index contributed by atoms with van der Waals surface area (Å²) in [5.74, 6) is -0.462. The number of hydrogen-bond acceptors (Lipinski definition) is 6. The van der Waals surface area contributed by atoms with Gasteiger partial charge in [0.25, 0.3) is 0 Å². The number of nitrogens with one attached hydrogen (secondary N) is 1. The van der Waals surface area contributed by atoms with Gasteiger partial charge in [-0.15, -0.1) is 0 Å². The molecule has 0 aliphatic carbocycles. The maximum Gasteiger partial charge on any atom is 0.217 e. The van der Waals surface area contributed by atoms with Crippen LogP contribution in [0.3, 0.4) is 0 Å². The number of carbonyl (C=O) groups excluding carboxylic acids is 1. The lowest BCUT2D eigenvalue weighted by molar-refractivity contribution is -0.253. The van der Waals surface area contributed by atoms with Crippen LogP contribution in [0.15, 0.2) is 0 Å². The van der Waals surface area contributed by atoms with Crippen molar-refractivity contribution in [2.45, 2.75) is 37.6 Å². The first-order valence-corrected chi connectivity index (χ1v) is 4.55.